The largest absolute Gasteiger partial charge is 0.481 e. The summed E-state index contributed by atoms with van der Waals surface area (Å²) >= 11 is 1.68. The predicted octanol–water partition coefficient (Wildman–Crippen LogP) is 2.36. The zero-order chi connectivity index (χ0) is 13.8. The van der Waals surface area contributed by atoms with Crippen molar-refractivity contribution < 1.29 is 18.7 Å². The number of aliphatic carboxylic acids is 1. The third kappa shape index (κ3) is 3.67. The van der Waals surface area contributed by atoms with Crippen molar-refractivity contribution in [3.63, 3.8) is 0 Å². The Labute approximate surface area is 114 Å². The molecule has 1 N–H and O–H groups in total. The van der Waals surface area contributed by atoms with Gasteiger partial charge in [0.2, 0.25) is 0 Å². The van der Waals surface area contributed by atoms with Gasteiger partial charge in [-0.2, -0.15) is 11.8 Å². The van der Waals surface area contributed by atoms with Gasteiger partial charge in [0.1, 0.15) is 11.6 Å². The van der Waals surface area contributed by atoms with Gasteiger partial charge in [0.15, 0.2) is 0 Å². The zero-order valence-corrected chi connectivity index (χ0v) is 11.1. The van der Waals surface area contributed by atoms with Crippen molar-refractivity contribution in [2.24, 2.45) is 0 Å². The summed E-state index contributed by atoms with van der Waals surface area (Å²) in [5, 5.41) is 8.87. The van der Waals surface area contributed by atoms with E-state index in [4.69, 9.17) is 5.11 Å². The summed E-state index contributed by atoms with van der Waals surface area (Å²) in [5.41, 5.74) is 0.0183. The molecule has 2 rings (SSSR count). The number of nitrogens with zero attached hydrogens (tertiary/aromatic N) is 1. The molecule has 0 bridgehead atoms. The first kappa shape index (κ1) is 14.3. The van der Waals surface area contributed by atoms with Crippen LogP contribution in [0.1, 0.15) is 12.0 Å². The lowest BCUT2D eigenvalue weighted by atomic mass is 10.1. The highest BCUT2D eigenvalue weighted by Crippen LogP contribution is 2.23. The second-order valence-electron chi connectivity index (χ2n) is 4.50. The summed E-state index contributed by atoms with van der Waals surface area (Å²) < 4.78 is 27.2. The Hall–Kier alpha value is -1.14. The fraction of sp³-hybridized carbons (Fsp3) is 0.462. The first-order valence-electron chi connectivity index (χ1n) is 6.04. The number of carboxylic acids is 1. The predicted molar refractivity (Wildman–Crippen MR) is 70.1 cm³/mol. The van der Waals surface area contributed by atoms with Crippen molar-refractivity contribution in [1.82, 2.24) is 4.90 Å². The minimum absolute atomic E-state index is 0.00305. The Morgan fingerprint density at radius 1 is 1.42 bits per heavy atom. The molecule has 0 spiro atoms. The number of carbonyl (C=O) groups is 1. The third-order valence-electron chi connectivity index (χ3n) is 3.18. The molecule has 3 nitrogen and oxygen atoms in total. The van der Waals surface area contributed by atoms with Crippen molar-refractivity contribution in [2.75, 3.05) is 18.1 Å². The van der Waals surface area contributed by atoms with E-state index in [1.165, 1.54) is 18.2 Å². The maximum absolute atomic E-state index is 13.6. The molecule has 0 aromatic heterocycles. The van der Waals surface area contributed by atoms with Gasteiger partial charge in [-0.05, 0) is 12.1 Å². The van der Waals surface area contributed by atoms with Gasteiger partial charge >= 0.3 is 5.97 Å². The molecule has 1 aromatic carbocycles. The smallest absolute Gasteiger partial charge is 0.304 e. The summed E-state index contributed by atoms with van der Waals surface area (Å²) in [4.78, 5) is 12.7. The Bertz CT molecular complexity index is 450. The number of halogens is 2. The molecule has 0 aliphatic carbocycles. The minimum atomic E-state index is -0.883. The molecule has 1 aliphatic rings. The van der Waals surface area contributed by atoms with E-state index >= 15 is 0 Å². The Kier molecular flexibility index (Phi) is 4.76. The van der Waals surface area contributed by atoms with E-state index in [-0.39, 0.29) is 24.6 Å². The van der Waals surface area contributed by atoms with Crippen LogP contribution in [0.4, 0.5) is 8.78 Å². The molecule has 1 unspecified atom stereocenters. The summed E-state index contributed by atoms with van der Waals surface area (Å²) in [6, 6.07) is 3.61. The number of carboxylic acid groups (broad SMARTS) is 1. The van der Waals surface area contributed by atoms with Crippen molar-refractivity contribution in [1.29, 1.82) is 0 Å². The van der Waals surface area contributed by atoms with E-state index in [0.717, 1.165) is 5.75 Å². The Balaban J connectivity index is 2.13. The highest BCUT2D eigenvalue weighted by Gasteiger charge is 2.26. The van der Waals surface area contributed by atoms with E-state index in [9.17, 15) is 13.6 Å². The van der Waals surface area contributed by atoms with Crippen molar-refractivity contribution in [3.8, 4) is 0 Å². The van der Waals surface area contributed by atoms with Gasteiger partial charge in [0.25, 0.3) is 0 Å². The van der Waals surface area contributed by atoms with Gasteiger partial charge in [-0.15, -0.1) is 0 Å². The highest BCUT2D eigenvalue weighted by molar-refractivity contribution is 7.99. The van der Waals surface area contributed by atoms with Crippen molar-refractivity contribution >= 4 is 17.7 Å². The molecular formula is C13H15F2NO2S. The fourth-order valence-electron chi connectivity index (χ4n) is 2.17. The van der Waals surface area contributed by atoms with Crippen LogP contribution in [0.5, 0.6) is 0 Å². The molecule has 1 aromatic rings. The molecule has 1 heterocycles. The lowest BCUT2D eigenvalue weighted by Crippen LogP contribution is -2.43. The molecule has 19 heavy (non-hydrogen) atoms. The van der Waals surface area contributed by atoms with E-state index in [1.807, 2.05) is 4.90 Å². The SMILES string of the molecule is O=C(O)CC1CSCCN1Cc1c(F)cccc1F. The van der Waals surface area contributed by atoms with E-state index in [1.54, 1.807) is 11.8 Å². The number of hydrogen-bond donors (Lipinski definition) is 1. The standard InChI is InChI=1S/C13H15F2NO2S/c14-11-2-1-3-12(15)10(11)7-16-4-5-19-8-9(16)6-13(17)18/h1-3,9H,4-8H2,(H,17,18). The first-order valence-corrected chi connectivity index (χ1v) is 7.20. The molecule has 104 valence electrons. The molecule has 0 radical (unpaired) electrons. The van der Waals surface area contributed by atoms with Crippen LogP contribution in [0.15, 0.2) is 18.2 Å². The Morgan fingerprint density at radius 3 is 2.74 bits per heavy atom. The zero-order valence-electron chi connectivity index (χ0n) is 10.3. The number of hydrogen-bond acceptors (Lipinski definition) is 3. The van der Waals surface area contributed by atoms with Gasteiger partial charge in [-0.1, -0.05) is 6.07 Å². The molecule has 1 fully saturated rings. The van der Waals surface area contributed by atoms with Gasteiger partial charge in [-0.3, -0.25) is 9.69 Å². The van der Waals surface area contributed by atoms with Crippen LogP contribution in [0.3, 0.4) is 0 Å². The van der Waals surface area contributed by atoms with Crippen LogP contribution in [0, 0.1) is 11.6 Å². The summed E-state index contributed by atoms with van der Waals surface area (Å²) in [7, 11) is 0. The molecule has 1 aliphatic heterocycles. The molecule has 0 saturated carbocycles. The third-order valence-corrected chi connectivity index (χ3v) is 4.27. The van der Waals surface area contributed by atoms with Crippen LogP contribution < -0.4 is 0 Å². The summed E-state index contributed by atoms with van der Waals surface area (Å²) in [6.07, 6.45) is 0.00305. The Morgan fingerprint density at radius 2 is 2.11 bits per heavy atom. The highest BCUT2D eigenvalue weighted by atomic mass is 32.2. The number of thioether (sulfide) groups is 1. The molecular weight excluding hydrogens is 272 g/mol. The monoisotopic (exact) mass is 287 g/mol. The van der Waals surface area contributed by atoms with Gasteiger partial charge in [0, 0.05) is 36.2 Å². The average Bonchev–Trinajstić information content (AvgIpc) is 2.35. The molecule has 1 atom stereocenters. The molecule has 0 amide bonds. The quantitative estimate of drug-likeness (QED) is 0.923. The van der Waals surface area contributed by atoms with Gasteiger partial charge < -0.3 is 5.11 Å². The summed E-state index contributed by atoms with van der Waals surface area (Å²) in [6.45, 7) is 0.771. The molecule has 1 saturated heterocycles. The van der Waals surface area contributed by atoms with Gasteiger partial charge in [0.05, 0.1) is 6.42 Å². The fourth-order valence-corrected chi connectivity index (χ4v) is 3.30. The maximum Gasteiger partial charge on any atom is 0.304 e. The van der Waals surface area contributed by atoms with Crippen molar-refractivity contribution in [2.45, 2.75) is 19.0 Å². The second kappa shape index (κ2) is 6.34. The minimum Gasteiger partial charge on any atom is -0.481 e. The van der Waals surface area contributed by atoms with E-state index < -0.39 is 17.6 Å². The van der Waals surface area contributed by atoms with Crippen LogP contribution in [0.2, 0.25) is 0 Å². The van der Waals surface area contributed by atoms with Crippen LogP contribution in [-0.2, 0) is 11.3 Å². The number of rotatable bonds is 4. The lowest BCUT2D eigenvalue weighted by molar-refractivity contribution is -0.138. The first-order chi connectivity index (χ1) is 9.08. The van der Waals surface area contributed by atoms with E-state index in [0.29, 0.717) is 12.3 Å². The van der Waals surface area contributed by atoms with Crippen LogP contribution in [0.25, 0.3) is 0 Å². The topological polar surface area (TPSA) is 40.5 Å². The maximum atomic E-state index is 13.6. The molecule has 6 heteroatoms. The number of benzene rings is 1. The van der Waals surface area contributed by atoms with E-state index in [2.05, 4.69) is 0 Å². The summed E-state index contributed by atoms with van der Waals surface area (Å²) in [5.74, 6) is -0.500. The lowest BCUT2D eigenvalue weighted by Gasteiger charge is -2.34. The second-order valence-corrected chi connectivity index (χ2v) is 5.65. The average molecular weight is 287 g/mol. The van der Waals surface area contributed by atoms with Crippen molar-refractivity contribution in [3.05, 3.63) is 35.4 Å². The van der Waals surface area contributed by atoms with Crippen LogP contribution >= 0.6 is 11.8 Å². The normalized spacial score (nSPS) is 20.4. The van der Waals surface area contributed by atoms with Gasteiger partial charge in [-0.25, -0.2) is 8.78 Å². The van der Waals surface area contributed by atoms with Crippen LogP contribution in [-0.4, -0.2) is 40.1 Å².